The molecule has 1 aliphatic heterocycles. The van der Waals surface area contributed by atoms with Crippen LogP contribution in [-0.2, 0) is 35.3 Å². The highest BCUT2D eigenvalue weighted by atomic mass is 16.5. The number of nitrogens with one attached hydrogen (secondary N) is 4. The van der Waals surface area contributed by atoms with Crippen LogP contribution >= 0.6 is 0 Å². The van der Waals surface area contributed by atoms with Crippen molar-refractivity contribution in [1.82, 2.24) is 20.9 Å². The molecule has 0 bridgehead atoms. The summed E-state index contributed by atoms with van der Waals surface area (Å²) in [6.07, 6.45) is 3.90. The summed E-state index contributed by atoms with van der Waals surface area (Å²) in [5.41, 5.74) is 6.19. The van der Waals surface area contributed by atoms with Gasteiger partial charge in [-0.1, -0.05) is 32.4 Å². The predicted octanol–water partition coefficient (Wildman–Crippen LogP) is 1.52. The van der Waals surface area contributed by atoms with Crippen LogP contribution in [0.15, 0.2) is 41.4 Å². The van der Waals surface area contributed by atoms with Gasteiger partial charge in [0.1, 0.15) is 18.7 Å². The first-order valence-electron chi connectivity index (χ1n) is 14.6. The van der Waals surface area contributed by atoms with Crippen LogP contribution < -0.4 is 27.0 Å². The lowest BCUT2D eigenvalue weighted by Gasteiger charge is -2.25. The summed E-state index contributed by atoms with van der Waals surface area (Å²) in [6, 6.07) is 3.85. The average molecular weight is 628 g/mol. The van der Waals surface area contributed by atoms with Gasteiger partial charge in [0.25, 0.3) is 11.8 Å². The van der Waals surface area contributed by atoms with E-state index in [-0.39, 0.29) is 56.2 Å². The molecule has 0 saturated heterocycles. The summed E-state index contributed by atoms with van der Waals surface area (Å²) < 4.78 is 4.88. The Bertz CT molecular complexity index is 1260. The number of unbranched alkanes of at least 4 members (excludes halogenated alkanes) is 2. The molecule has 0 saturated carbocycles. The minimum Gasteiger partial charge on any atom is -0.443 e. The number of benzene rings is 1. The molecule has 1 aliphatic rings. The smallest absolute Gasteiger partial charge is 0.433 e. The van der Waals surface area contributed by atoms with Crippen LogP contribution in [-0.4, -0.2) is 78.5 Å². The van der Waals surface area contributed by atoms with E-state index < -0.39 is 36.0 Å². The van der Waals surface area contributed by atoms with Crippen molar-refractivity contribution in [1.29, 1.82) is 0 Å². The molecule has 0 radical (unpaired) electrons. The van der Waals surface area contributed by atoms with Crippen molar-refractivity contribution in [2.75, 3.05) is 18.4 Å². The molecule has 1 heterocycles. The van der Waals surface area contributed by atoms with Gasteiger partial charge in [0.2, 0.25) is 17.7 Å². The number of imide groups is 1. The zero-order chi connectivity index (χ0) is 33.4. The second-order valence-corrected chi connectivity index (χ2v) is 10.7. The Labute approximate surface area is 261 Å². The highest BCUT2D eigenvalue weighted by Gasteiger charge is 2.29. The predicted molar refractivity (Wildman–Crippen MR) is 165 cm³/mol. The first-order valence-corrected chi connectivity index (χ1v) is 14.6. The molecule has 2 atom stereocenters. The number of urea groups is 1. The summed E-state index contributed by atoms with van der Waals surface area (Å²) in [5, 5.41) is 10.6. The van der Waals surface area contributed by atoms with Crippen LogP contribution in [0.25, 0.3) is 0 Å². The van der Waals surface area contributed by atoms with E-state index in [0.29, 0.717) is 36.9 Å². The molecule has 0 spiro atoms. The Hall–Kier alpha value is -5.08. The maximum absolute atomic E-state index is 13.3. The Morgan fingerprint density at radius 1 is 0.933 bits per heavy atom. The van der Waals surface area contributed by atoms with E-state index in [1.54, 1.807) is 38.1 Å². The zero-order valence-corrected chi connectivity index (χ0v) is 25.5. The summed E-state index contributed by atoms with van der Waals surface area (Å²) in [4.78, 5) is 88.9. The largest absolute Gasteiger partial charge is 0.443 e. The fraction of sp³-hybridized carbons (Fsp3) is 0.467. The van der Waals surface area contributed by atoms with Crippen molar-refractivity contribution in [2.45, 2.75) is 71.1 Å². The Balaban J connectivity index is 1.94. The number of primary amides is 1. The summed E-state index contributed by atoms with van der Waals surface area (Å²) in [6.45, 7) is 7.04. The number of ether oxygens (including phenoxy) is 1. The molecule has 2 rings (SSSR count). The number of nitrogens with zero attached hydrogens (tertiary/aromatic N) is 2. The highest BCUT2D eigenvalue weighted by Crippen LogP contribution is 2.13. The number of carbonyl (C=O) groups excluding carboxylic acids is 7. The molecule has 6 N–H and O–H groups in total. The zero-order valence-electron chi connectivity index (χ0n) is 25.5. The van der Waals surface area contributed by atoms with Crippen molar-refractivity contribution in [3.05, 3.63) is 42.0 Å². The molecule has 1 aromatic rings. The van der Waals surface area contributed by atoms with Crippen LogP contribution in [0, 0.1) is 5.92 Å². The van der Waals surface area contributed by atoms with E-state index >= 15 is 0 Å². The number of amides is 8. The van der Waals surface area contributed by atoms with Crippen LogP contribution in [0.1, 0.15) is 57.9 Å². The number of rotatable bonds is 18. The number of aliphatic imine (C=N–C) groups is 1. The molecule has 15 nitrogen and oxygen atoms in total. The summed E-state index contributed by atoms with van der Waals surface area (Å²) in [5.74, 6) is -2.41. The van der Waals surface area contributed by atoms with Gasteiger partial charge in [0.05, 0.1) is 0 Å². The topological polar surface area (TPSA) is 218 Å². The molecule has 15 heteroatoms. The summed E-state index contributed by atoms with van der Waals surface area (Å²) in [7, 11) is 0. The number of hydrogen-bond donors (Lipinski definition) is 5. The van der Waals surface area contributed by atoms with Crippen molar-refractivity contribution in [3.8, 4) is 0 Å². The van der Waals surface area contributed by atoms with Crippen molar-refractivity contribution >= 4 is 54.1 Å². The van der Waals surface area contributed by atoms with Crippen LogP contribution in [0.2, 0.25) is 0 Å². The van der Waals surface area contributed by atoms with E-state index in [4.69, 9.17) is 10.5 Å². The molecule has 45 heavy (non-hydrogen) atoms. The first-order chi connectivity index (χ1) is 21.4. The van der Waals surface area contributed by atoms with Gasteiger partial charge in [0, 0.05) is 37.3 Å². The van der Waals surface area contributed by atoms with Gasteiger partial charge < -0.3 is 31.7 Å². The number of hydrogen-bond acceptors (Lipinski definition) is 8. The number of carbonyl (C=O) groups is 7. The first kappa shape index (κ1) is 36.1. The maximum Gasteiger partial charge on any atom is 0.433 e. The molecule has 0 aromatic heterocycles. The fourth-order valence-electron chi connectivity index (χ4n) is 4.32. The minimum absolute atomic E-state index is 0.0295. The molecule has 244 valence electrons. The molecule has 0 aliphatic carbocycles. The number of anilines is 1. The Morgan fingerprint density at radius 3 is 2.20 bits per heavy atom. The SMILES string of the molecule is C=NC(=O)OCc1ccc(NC(=O)[C@H](CCCNC(N)=O)NC(=O)[C@@H](NC(=O)CCCCCN2C(=O)C=CC2=O)C(C)C)cc1. The lowest BCUT2D eigenvalue weighted by molar-refractivity contribution is -0.137. The monoisotopic (exact) mass is 627 g/mol. The number of nitrogens with two attached hydrogens (primary N) is 1. The lowest BCUT2D eigenvalue weighted by atomic mass is 10.0. The average Bonchev–Trinajstić information content (AvgIpc) is 3.32. The van der Waals surface area contributed by atoms with E-state index in [0.717, 1.165) is 4.90 Å². The van der Waals surface area contributed by atoms with Gasteiger partial charge in [-0.2, -0.15) is 4.99 Å². The third kappa shape index (κ3) is 13.0. The second-order valence-electron chi connectivity index (χ2n) is 10.7. The molecule has 0 fully saturated rings. The Kier molecular flexibility index (Phi) is 14.9. The highest BCUT2D eigenvalue weighted by molar-refractivity contribution is 6.12. The van der Waals surface area contributed by atoms with Gasteiger partial charge in [-0.05, 0) is 56.0 Å². The van der Waals surface area contributed by atoms with E-state index in [1.165, 1.54) is 12.2 Å². The molecule has 8 amide bonds. The third-order valence-electron chi connectivity index (χ3n) is 6.77. The fourth-order valence-corrected chi connectivity index (χ4v) is 4.32. The van der Waals surface area contributed by atoms with E-state index in [9.17, 15) is 33.6 Å². The van der Waals surface area contributed by atoms with Crippen LogP contribution in [0.3, 0.4) is 0 Å². The molecular formula is C30H41N7O8. The van der Waals surface area contributed by atoms with Gasteiger partial charge in [0.15, 0.2) is 0 Å². The second kappa shape index (κ2) is 18.6. The standard InChI is InChI=1S/C30H41N7O8/c1-19(2)26(36-23(38)9-5-4-6-17-37-24(39)14-15-25(37)40)28(42)35-22(8-7-16-33-29(31)43)27(41)34-21-12-10-20(11-13-21)18-45-30(44)32-3/h10-15,19,22,26H,3-9,16-18H2,1-2H3,(H,34,41)(H,35,42)(H,36,38)(H3,31,33,43)/t22-,26-/m0/s1. The van der Waals surface area contributed by atoms with Gasteiger partial charge in [-0.15, -0.1) is 0 Å². The quantitative estimate of drug-likeness (QED) is 0.0910. The normalized spacial score (nSPS) is 13.6. The van der Waals surface area contributed by atoms with Crippen molar-refractivity contribution < 1.29 is 38.3 Å². The van der Waals surface area contributed by atoms with Crippen LogP contribution in [0.4, 0.5) is 15.3 Å². The van der Waals surface area contributed by atoms with Gasteiger partial charge in [-0.25, -0.2) is 9.59 Å². The van der Waals surface area contributed by atoms with E-state index in [1.807, 2.05) is 0 Å². The van der Waals surface area contributed by atoms with Crippen molar-refractivity contribution in [3.63, 3.8) is 0 Å². The maximum atomic E-state index is 13.3. The van der Waals surface area contributed by atoms with Crippen LogP contribution in [0.5, 0.6) is 0 Å². The van der Waals surface area contributed by atoms with Crippen molar-refractivity contribution in [2.24, 2.45) is 16.6 Å². The lowest BCUT2D eigenvalue weighted by Crippen LogP contribution is -2.54. The molecule has 0 unspecified atom stereocenters. The molecular weight excluding hydrogens is 586 g/mol. The third-order valence-corrected chi connectivity index (χ3v) is 6.77. The van der Waals surface area contributed by atoms with Gasteiger partial charge >= 0.3 is 12.1 Å². The minimum atomic E-state index is -1.00. The van der Waals surface area contributed by atoms with E-state index in [2.05, 4.69) is 33.0 Å². The summed E-state index contributed by atoms with van der Waals surface area (Å²) >= 11 is 0. The van der Waals surface area contributed by atoms with Gasteiger partial charge in [-0.3, -0.25) is 28.9 Å². The Morgan fingerprint density at radius 2 is 1.60 bits per heavy atom. The molecule has 1 aromatic carbocycles.